The molecule has 1 aliphatic rings. The van der Waals surface area contributed by atoms with Gasteiger partial charge in [-0.3, -0.25) is 4.90 Å². The van der Waals surface area contributed by atoms with Gasteiger partial charge in [-0.05, 0) is 18.9 Å². The summed E-state index contributed by atoms with van der Waals surface area (Å²) < 4.78 is 5.58. The van der Waals surface area contributed by atoms with Gasteiger partial charge in [-0.2, -0.15) is 0 Å². The summed E-state index contributed by atoms with van der Waals surface area (Å²) in [6.07, 6.45) is 2.91. The summed E-state index contributed by atoms with van der Waals surface area (Å²) >= 11 is 1.74. The van der Waals surface area contributed by atoms with Gasteiger partial charge in [-0.25, -0.2) is 0 Å². The number of nitrogens with zero attached hydrogens (tertiary/aromatic N) is 1. The highest BCUT2D eigenvalue weighted by Crippen LogP contribution is 2.20. The number of likely N-dealkylation sites (tertiary alicyclic amines) is 1. The van der Waals surface area contributed by atoms with E-state index in [1.165, 1.54) is 4.88 Å². The van der Waals surface area contributed by atoms with Crippen molar-refractivity contribution in [3.8, 4) is 11.8 Å². The molecule has 21 heavy (non-hydrogen) atoms. The fraction of sp³-hybridized carbons (Fsp3) is 0.625. The lowest BCUT2D eigenvalue weighted by Crippen LogP contribution is -2.36. The van der Waals surface area contributed by atoms with Gasteiger partial charge in [0.05, 0.1) is 25.9 Å². The topological polar surface area (TPSA) is 52.9 Å². The lowest BCUT2D eigenvalue weighted by atomic mass is 10.1. The zero-order chi connectivity index (χ0) is 14.9. The minimum absolute atomic E-state index is 0.107. The molecule has 0 spiro atoms. The molecule has 1 saturated heterocycles. The molecular formula is C16H23NO3S. The Hall–Kier alpha value is -0.900. The van der Waals surface area contributed by atoms with Crippen LogP contribution in [-0.4, -0.2) is 54.1 Å². The largest absolute Gasteiger partial charge is 0.395 e. The van der Waals surface area contributed by atoms with Crippen LogP contribution in [0.4, 0.5) is 0 Å². The van der Waals surface area contributed by atoms with Crippen LogP contribution < -0.4 is 0 Å². The smallest absolute Gasteiger partial charge is 0.0701 e. The van der Waals surface area contributed by atoms with Gasteiger partial charge in [0.1, 0.15) is 0 Å². The summed E-state index contributed by atoms with van der Waals surface area (Å²) in [6, 6.07) is 2.14. The monoisotopic (exact) mass is 309 g/mol. The number of rotatable bonds is 6. The first-order valence-electron chi connectivity index (χ1n) is 7.43. The molecule has 1 aromatic rings. The number of ether oxygens (including phenoxy) is 1. The van der Waals surface area contributed by atoms with Crippen molar-refractivity contribution in [2.24, 2.45) is 0 Å². The lowest BCUT2D eigenvalue weighted by molar-refractivity contribution is -0.00886. The van der Waals surface area contributed by atoms with Crippen molar-refractivity contribution in [3.05, 3.63) is 21.9 Å². The van der Waals surface area contributed by atoms with Crippen LogP contribution in [0.3, 0.4) is 0 Å². The predicted octanol–water partition coefficient (Wildman–Crippen LogP) is 1.46. The van der Waals surface area contributed by atoms with Crippen molar-refractivity contribution >= 4 is 11.3 Å². The van der Waals surface area contributed by atoms with Gasteiger partial charge >= 0.3 is 0 Å². The fourth-order valence-corrected chi connectivity index (χ4v) is 3.28. The molecule has 0 atom stereocenters. The predicted molar refractivity (Wildman–Crippen MR) is 84.2 cm³/mol. The van der Waals surface area contributed by atoms with Gasteiger partial charge in [-0.1, -0.05) is 11.8 Å². The Labute approximate surface area is 130 Å². The van der Waals surface area contributed by atoms with Gasteiger partial charge in [-0.15, -0.1) is 11.3 Å². The molecule has 0 amide bonds. The van der Waals surface area contributed by atoms with E-state index in [1.54, 1.807) is 11.3 Å². The average molecular weight is 309 g/mol. The van der Waals surface area contributed by atoms with Gasteiger partial charge in [0, 0.05) is 41.9 Å². The number of thiophene rings is 1. The highest BCUT2D eigenvalue weighted by Gasteiger charge is 2.19. The molecule has 2 N–H and O–H groups in total. The molecule has 4 nitrogen and oxygen atoms in total. The Bertz CT molecular complexity index is 469. The standard InChI is InChI=1S/C16H23NO3S/c18-8-2-1-3-14-11-16(21-13-14)12-17-6-4-15(5-7-17)20-10-9-19/h11,13,15,18-19H,2,4-10,12H2. The third kappa shape index (κ3) is 5.77. The lowest BCUT2D eigenvalue weighted by Gasteiger charge is -2.31. The number of hydrogen-bond donors (Lipinski definition) is 2. The van der Waals surface area contributed by atoms with E-state index >= 15 is 0 Å². The maximum absolute atomic E-state index is 8.76. The molecule has 116 valence electrons. The maximum atomic E-state index is 8.76. The van der Waals surface area contributed by atoms with E-state index in [2.05, 4.69) is 28.2 Å². The van der Waals surface area contributed by atoms with Gasteiger partial charge < -0.3 is 14.9 Å². The Morgan fingerprint density at radius 3 is 2.81 bits per heavy atom. The minimum Gasteiger partial charge on any atom is -0.395 e. The minimum atomic E-state index is 0.107. The van der Waals surface area contributed by atoms with E-state index in [9.17, 15) is 0 Å². The first-order valence-corrected chi connectivity index (χ1v) is 8.31. The number of hydrogen-bond acceptors (Lipinski definition) is 5. The summed E-state index contributed by atoms with van der Waals surface area (Å²) in [5.74, 6) is 6.02. The highest BCUT2D eigenvalue weighted by atomic mass is 32.1. The average Bonchev–Trinajstić information content (AvgIpc) is 2.94. The maximum Gasteiger partial charge on any atom is 0.0701 e. The molecule has 0 radical (unpaired) electrons. The van der Waals surface area contributed by atoms with Crippen LogP contribution in [0.25, 0.3) is 0 Å². The fourth-order valence-electron chi connectivity index (χ4n) is 2.42. The van der Waals surface area contributed by atoms with Crippen LogP contribution in [0.15, 0.2) is 11.4 Å². The van der Waals surface area contributed by atoms with E-state index in [0.717, 1.165) is 38.0 Å². The molecule has 1 aromatic heterocycles. The van der Waals surface area contributed by atoms with Crippen molar-refractivity contribution in [3.63, 3.8) is 0 Å². The zero-order valence-electron chi connectivity index (χ0n) is 12.3. The van der Waals surface area contributed by atoms with E-state index < -0.39 is 0 Å². The van der Waals surface area contributed by atoms with Crippen molar-refractivity contribution < 1.29 is 14.9 Å². The Morgan fingerprint density at radius 1 is 1.29 bits per heavy atom. The second kappa shape index (κ2) is 9.19. The van der Waals surface area contributed by atoms with E-state index in [0.29, 0.717) is 19.1 Å². The van der Waals surface area contributed by atoms with E-state index in [-0.39, 0.29) is 13.2 Å². The Kier molecular flexibility index (Phi) is 7.20. The summed E-state index contributed by atoms with van der Waals surface area (Å²) in [5.41, 5.74) is 1.05. The first-order chi connectivity index (χ1) is 10.3. The molecule has 1 aliphatic heterocycles. The van der Waals surface area contributed by atoms with Gasteiger partial charge in [0.25, 0.3) is 0 Å². The second-order valence-corrected chi connectivity index (χ2v) is 6.14. The second-order valence-electron chi connectivity index (χ2n) is 5.15. The summed E-state index contributed by atoms with van der Waals surface area (Å²) in [6.45, 7) is 3.73. The number of aliphatic hydroxyl groups excluding tert-OH is 2. The Balaban J connectivity index is 1.75. The zero-order valence-corrected chi connectivity index (χ0v) is 13.1. The molecule has 1 fully saturated rings. The Morgan fingerprint density at radius 2 is 2.10 bits per heavy atom. The van der Waals surface area contributed by atoms with Crippen LogP contribution in [0, 0.1) is 11.8 Å². The third-order valence-electron chi connectivity index (χ3n) is 3.48. The van der Waals surface area contributed by atoms with E-state index in [4.69, 9.17) is 14.9 Å². The summed E-state index contributed by atoms with van der Waals surface area (Å²) in [7, 11) is 0. The molecule has 0 bridgehead atoms. The molecule has 2 rings (SSSR count). The molecule has 2 heterocycles. The molecule has 5 heteroatoms. The van der Waals surface area contributed by atoms with Crippen molar-refractivity contribution in [1.29, 1.82) is 0 Å². The SMILES string of the molecule is OCCC#Cc1csc(CN2CCC(OCCO)CC2)c1. The number of aliphatic hydroxyl groups is 2. The van der Waals surface area contributed by atoms with Crippen molar-refractivity contribution in [1.82, 2.24) is 4.90 Å². The molecular weight excluding hydrogens is 286 g/mol. The quantitative estimate of drug-likeness (QED) is 0.781. The molecule has 0 aromatic carbocycles. The molecule has 0 aliphatic carbocycles. The highest BCUT2D eigenvalue weighted by molar-refractivity contribution is 7.10. The first kappa shape index (κ1) is 16.5. The summed E-state index contributed by atoms with van der Waals surface area (Å²) in [4.78, 5) is 3.77. The van der Waals surface area contributed by atoms with Crippen LogP contribution >= 0.6 is 11.3 Å². The van der Waals surface area contributed by atoms with Crippen LogP contribution in [0.5, 0.6) is 0 Å². The molecule has 0 saturated carbocycles. The van der Waals surface area contributed by atoms with E-state index in [1.807, 2.05) is 0 Å². The van der Waals surface area contributed by atoms with Gasteiger partial charge in [0.15, 0.2) is 0 Å². The van der Waals surface area contributed by atoms with Crippen molar-refractivity contribution in [2.75, 3.05) is 32.9 Å². The third-order valence-corrected chi connectivity index (χ3v) is 4.40. The van der Waals surface area contributed by atoms with Crippen LogP contribution in [-0.2, 0) is 11.3 Å². The van der Waals surface area contributed by atoms with Crippen LogP contribution in [0.2, 0.25) is 0 Å². The molecule has 0 unspecified atom stereocenters. The van der Waals surface area contributed by atoms with Crippen LogP contribution in [0.1, 0.15) is 29.7 Å². The summed E-state index contributed by atoms with van der Waals surface area (Å²) in [5, 5.41) is 19.6. The number of piperidine rings is 1. The van der Waals surface area contributed by atoms with Crippen molar-refractivity contribution in [2.45, 2.75) is 31.9 Å². The normalized spacial score (nSPS) is 16.7. The van der Waals surface area contributed by atoms with Gasteiger partial charge in [0.2, 0.25) is 0 Å².